The van der Waals surface area contributed by atoms with Crippen molar-refractivity contribution in [2.24, 2.45) is 0 Å². The molecule has 40 heavy (non-hydrogen) atoms. The molecule has 0 aromatic heterocycles. The number of sulfonamides is 1. The summed E-state index contributed by atoms with van der Waals surface area (Å²) in [6.07, 6.45) is 2.02. The molecule has 0 aliphatic rings. The zero-order chi connectivity index (χ0) is 29.3. The van der Waals surface area contributed by atoms with Crippen LogP contribution in [0.1, 0.15) is 49.8 Å². The number of rotatable bonds is 13. The van der Waals surface area contributed by atoms with Crippen molar-refractivity contribution >= 4 is 27.5 Å². The van der Waals surface area contributed by atoms with Crippen LogP contribution in [0.2, 0.25) is 0 Å². The number of unbranched alkanes of at least 4 members (excludes halogenated alkanes) is 1. The van der Waals surface area contributed by atoms with Gasteiger partial charge in [0.25, 0.3) is 10.0 Å². The Morgan fingerprint density at radius 3 is 2.12 bits per heavy atom. The van der Waals surface area contributed by atoms with Gasteiger partial charge in [-0.15, -0.1) is 0 Å². The van der Waals surface area contributed by atoms with Gasteiger partial charge in [0, 0.05) is 13.1 Å². The third-order valence-electron chi connectivity index (χ3n) is 6.59. The molecule has 0 saturated carbocycles. The van der Waals surface area contributed by atoms with Crippen LogP contribution >= 0.6 is 0 Å². The molecular weight excluding hydrogens is 529 g/mol. The van der Waals surface area contributed by atoms with Crippen LogP contribution in [0.15, 0.2) is 77.7 Å². The minimum Gasteiger partial charge on any atom is -0.354 e. The van der Waals surface area contributed by atoms with Gasteiger partial charge in [-0.05, 0) is 79.8 Å². The Balaban J connectivity index is 2.05. The van der Waals surface area contributed by atoms with E-state index in [0.717, 1.165) is 28.3 Å². The Morgan fingerprint density at radius 1 is 0.925 bits per heavy atom. The molecule has 0 saturated heterocycles. The number of hydrogen-bond acceptors (Lipinski definition) is 4. The average Bonchev–Trinajstić information content (AvgIpc) is 2.92. The smallest absolute Gasteiger partial charge is 0.264 e. The molecular formula is C31H38FN3O4S. The normalized spacial score (nSPS) is 12.0. The number of hydrogen-bond donors (Lipinski definition) is 1. The van der Waals surface area contributed by atoms with E-state index in [0.29, 0.717) is 24.2 Å². The molecule has 3 aromatic rings. The zero-order valence-corrected chi connectivity index (χ0v) is 24.4. The number of carbonyl (C=O) groups excluding carboxylic acids is 2. The molecule has 0 spiro atoms. The van der Waals surface area contributed by atoms with Crippen molar-refractivity contribution in [3.63, 3.8) is 0 Å². The lowest BCUT2D eigenvalue weighted by molar-refractivity contribution is -0.140. The van der Waals surface area contributed by atoms with Gasteiger partial charge in [-0.2, -0.15) is 0 Å². The minimum atomic E-state index is -4.13. The van der Waals surface area contributed by atoms with Gasteiger partial charge in [-0.25, -0.2) is 12.8 Å². The summed E-state index contributed by atoms with van der Waals surface area (Å²) in [6, 6.07) is 18.2. The SMILES string of the molecule is CCCCNC(=O)C(CC)N(Cc1ccc(F)cc1)C(=O)CN(c1cc(C)cc(C)c1)S(=O)(=O)c1ccccc1. The van der Waals surface area contributed by atoms with Crippen LogP contribution in [0, 0.1) is 19.7 Å². The zero-order valence-electron chi connectivity index (χ0n) is 23.6. The molecule has 0 fully saturated rings. The molecule has 214 valence electrons. The summed E-state index contributed by atoms with van der Waals surface area (Å²) in [5.74, 6) is -1.27. The molecule has 9 heteroatoms. The second kappa shape index (κ2) is 14.1. The molecule has 1 atom stereocenters. The van der Waals surface area contributed by atoms with E-state index in [4.69, 9.17) is 0 Å². The van der Waals surface area contributed by atoms with Crippen LogP contribution in [0.25, 0.3) is 0 Å². The molecule has 3 rings (SSSR count). The Labute approximate surface area is 237 Å². The van der Waals surface area contributed by atoms with Crippen molar-refractivity contribution in [3.05, 3.63) is 95.3 Å². The number of amides is 2. The van der Waals surface area contributed by atoms with Crippen LogP contribution in [-0.4, -0.2) is 44.3 Å². The number of benzene rings is 3. The summed E-state index contributed by atoms with van der Waals surface area (Å²) in [5, 5.41) is 2.90. The van der Waals surface area contributed by atoms with E-state index in [-0.39, 0.29) is 17.3 Å². The maximum Gasteiger partial charge on any atom is 0.264 e. The van der Waals surface area contributed by atoms with Gasteiger partial charge in [-0.3, -0.25) is 13.9 Å². The number of nitrogens with zero attached hydrogens (tertiary/aromatic N) is 2. The highest BCUT2D eigenvalue weighted by Crippen LogP contribution is 2.27. The van der Waals surface area contributed by atoms with Crippen molar-refractivity contribution < 1.29 is 22.4 Å². The van der Waals surface area contributed by atoms with Crippen molar-refractivity contribution in [2.45, 2.75) is 64.4 Å². The summed E-state index contributed by atoms with van der Waals surface area (Å²) >= 11 is 0. The van der Waals surface area contributed by atoms with Gasteiger partial charge in [0.2, 0.25) is 11.8 Å². The lowest BCUT2D eigenvalue weighted by Crippen LogP contribution is -2.52. The Morgan fingerprint density at radius 2 is 1.55 bits per heavy atom. The molecule has 0 radical (unpaired) electrons. The monoisotopic (exact) mass is 567 g/mol. The summed E-state index contributed by atoms with van der Waals surface area (Å²) in [4.78, 5) is 28.7. The van der Waals surface area contributed by atoms with Gasteiger partial charge in [0.15, 0.2) is 0 Å². The Hall–Kier alpha value is -3.72. The predicted molar refractivity (Wildman–Crippen MR) is 156 cm³/mol. The highest BCUT2D eigenvalue weighted by atomic mass is 32.2. The van der Waals surface area contributed by atoms with Gasteiger partial charge in [-0.1, -0.05) is 56.7 Å². The quantitative estimate of drug-likeness (QED) is 0.282. The standard InChI is InChI=1S/C31H38FN3O4S/c1-5-7-17-33-31(37)29(6-2)34(21-25-13-15-26(32)16-14-25)30(36)22-35(27-19-23(3)18-24(4)20-27)40(38,39)28-11-9-8-10-12-28/h8-16,18-20,29H,5-7,17,21-22H2,1-4H3,(H,33,37). The number of carbonyl (C=O) groups is 2. The van der Waals surface area contributed by atoms with Crippen LogP contribution in [0.4, 0.5) is 10.1 Å². The summed E-state index contributed by atoms with van der Waals surface area (Å²) in [6.45, 7) is 7.52. The molecule has 3 aromatic carbocycles. The third-order valence-corrected chi connectivity index (χ3v) is 8.37. The molecule has 1 N–H and O–H groups in total. The van der Waals surface area contributed by atoms with Gasteiger partial charge >= 0.3 is 0 Å². The van der Waals surface area contributed by atoms with E-state index in [2.05, 4.69) is 5.32 Å². The molecule has 2 amide bonds. The fraction of sp³-hybridized carbons (Fsp3) is 0.355. The largest absolute Gasteiger partial charge is 0.354 e. The Kier molecular flexibility index (Phi) is 10.8. The number of anilines is 1. The summed E-state index contributed by atoms with van der Waals surface area (Å²) in [7, 11) is -4.13. The molecule has 0 aliphatic heterocycles. The maximum absolute atomic E-state index is 14.0. The first-order valence-electron chi connectivity index (χ1n) is 13.5. The van der Waals surface area contributed by atoms with E-state index >= 15 is 0 Å². The van der Waals surface area contributed by atoms with Crippen molar-refractivity contribution in [1.29, 1.82) is 0 Å². The highest BCUT2D eigenvalue weighted by molar-refractivity contribution is 7.92. The maximum atomic E-state index is 14.0. The van der Waals surface area contributed by atoms with Crippen molar-refractivity contribution in [1.82, 2.24) is 10.2 Å². The first kappa shape index (κ1) is 30.8. The van der Waals surface area contributed by atoms with Crippen LogP contribution in [0.3, 0.4) is 0 Å². The first-order valence-corrected chi connectivity index (χ1v) is 15.0. The van der Waals surface area contributed by atoms with Gasteiger partial charge in [0.05, 0.1) is 10.6 Å². The van der Waals surface area contributed by atoms with E-state index in [9.17, 15) is 22.4 Å². The fourth-order valence-electron chi connectivity index (χ4n) is 4.56. The van der Waals surface area contributed by atoms with Crippen LogP contribution in [0.5, 0.6) is 0 Å². The predicted octanol–water partition coefficient (Wildman–Crippen LogP) is 5.36. The topological polar surface area (TPSA) is 86.8 Å². The molecule has 0 bridgehead atoms. The van der Waals surface area contributed by atoms with Crippen LogP contribution in [-0.2, 0) is 26.2 Å². The van der Waals surface area contributed by atoms with Crippen LogP contribution < -0.4 is 9.62 Å². The highest BCUT2D eigenvalue weighted by Gasteiger charge is 2.33. The van der Waals surface area contributed by atoms with Crippen molar-refractivity contribution in [3.8, 4) is 0 Å². The second-order valence-electron chi connectivity index (χ2n) is 9.89. The molecule has 0 heterocycles. The number of aryl methyl sites for hydroxylation is 2. The van der Waals surface area contributed by atoms with E-state index < -0.39 is 34.3 Å². The second-order valence-corrected chi connectivity index (χ2v) is 11.7. The van der Waals surface area contributed by atoms with E-state index in [1.807, 2.05) is 26.8 Å². The molecule has 0 aliphatic carbocycles. The van der Waals surface area contributed by atoms with Gasteiger partial charge < -0.3 is 10.2 Å². The summed E-state index contributed by atoms with van der Waals surface area (Å²) < 4.78 is 42.5. The molecule has 1 unspecified atom stereocenters. The molecule has 7 nitrogen and oxygen atoms in total. The first-order chi connectivity index (χ1) is 19.1. The lowest BCUT2D eigenvalue weighted by Gasteiger charge is -2.33. The van der Waals surface area contributed by atoms with E-state index in [1.165, 1.54) is 29.2 Å². The van der Waals surface area contributed by atoms with E-state index in [1.54, 1.807) is 49.4 Å². The number of halogens is 1. The number of nitrogens with one attached hydrogen (secondary N) is 1. The minimum absolute atomic E-state index is 0.0187. The fourth-order valence-corrected chi connectivity index (χ4v) is 5.97. The average molecular weight is 568 g/mol. The summed E-state index contributed by atoms with van der Waals surface area (Å²) in [5.41, 5.74) is 2.68. The lowest BCUT2D eigenvalue weighted by atomic mass is 10.1. The third kappa shape index (κ3) is 7.91. The van der Waals surface area contributed by atoms with Crippen molar-refractivity contribution in [2.75, 3.05) is 17.4 Å². The van der Waals surface area contributed by atoms with Gasteiger partial charge in [0.1, 0.15) is 18.4 Å². The Bertz CT molecular complexity index is 1380.